The molecule has 0 radical (unpaired) electrons. The highest BCUT2D eigenvalue weighted by Gasteiger charge is 2.55. The van der Waals surface area contributed by atoms with Crippen LogP contribution in [-0.4, -0.2) is 62.5 Å². The van der Waals surface area contributed by atoms with Gasteiger partial charge in [0.1, 0.15) is 46.0 Å². The number of hydrogen-bond donors (Lipinski definition) is 6. The van der Waals surface area contributed by atoms with Gasteiger partial charge < -0.3 is 50.0 Å². The Morgan fingerprint density at radius 2 is 0.938 bits per heavy atom. The minimum atomic E-state index is -1.50. The first-order valence-corrected chi connectivity index (χ1v) is 20.7. The standard InChI is InChI=1S/C50H38N2O13/c1-24(15-16-51-45(58)26-3-9-34-32(18-26)47(60)64-49(34)36-11-5-28(54)20-41(36)62-42-21-29(55)6-12-37(42)49)17-40(25(2)53)52-46(59)27-4-10-35-33(19-27)48(61)65-50(35)38-13-7-30(56)22-43(38)63-44-23-31(57)8-14-39(44)50/h3-14,18-24,40,54-57H,15-17H2,1-2H3,(H,51,58)(H,52,59)/t24?,40-/m0/s1. The van der Waals surface area contributed by atoms with Gasteiger partial charge in [-0.05, 0) is 98.5 Å². The summed E-state index contributed by atoms with van der Waals surface area (Å²) in [6, 6.07) is 26.0. The number of esters is 2. The van der Waals surface area contributed by atoms with E-state index in [1.165, 1.54) is 73.7 Å². The van der Waals surface area contributed by atoms with Crippen LogP contribution < -0.4 is 20.1 Å². The van der Waals surface area contributed by atoms with E-state index in [0.29, 0.717) is 39.8 Å². The first kappa shape index (κ1) is 40.7. The molecule has 2 spiro atoms. The summed E-state index contributed by atoms with van der Waals surface area (Å²) in [4.78, 5) is 67.1. The smallest absolute Gasteiger partial charge is 0.340 e. The maximum absolute atomic E-state index is 13.7. The van der Waals surface area contributed by atoms with Gasteiger partial charge in [-0.25, -0.2) is 9.59 Å². The maximum Gasteiger partial charge on any atom is 0.340 e. The lowest BCUT2D eigenvalue weighted by Gasteiger charge is -2.36. The summed E-state index contributed by atoms with van der Waals surface area (Å²) >= 11 is 0. The number of amides is 2. The highest BCUT2D eigenvalue weighted by Crippen LogP contribution is 2.58. The molecule has 6 N–H and O–H groups in total. The number of benzene rings is 6. The lowest BCUT2D eigenvalue weighted by Crippen LogP contribution is -2.41. The molecule has 65 heavy (non-hydrogen) atoms. The SMILES string of the molecule is CC(=O)[C@H](CC(C)CCNC(=O)c1ccc2c(c1)C(=O)OC21c2ccc(O)cc2Oc2cc(O)ccc21)NC(=O)c1ccc2c(c1)C(=O)OC21c2ccc(O)cc2Oc2cc(O)ccc21. The number of rotatable bonds is 9. The number of fused-ring (bicyclic) bond motifs is 12. The van der Waals surface area contributed by atoms with Gasteiger partial charge in [0, 0.05) is 75.3 Å². The first-order chi connectivity index (χ1) is 31.2. The normalized spacial score (nSPS) is 15.9. The Labute approximate surface area is 369 Å². The Bertz CT molecular complexity index is 2980. The predicted octanol–water partition coefficient (Wildman–Crippen LogP) is 7.18. The minimum Gasteiger partial charge on any atom is -0.508 e. The number of ether oxygens (including phenoxy) is 4. The van der Waals surface area contributed by atoms with Crippen molar-refractivity contribution in [3.8, 4) is 46.0 Å². The molecule has 6 aromatic carbocycles. The molecule has 10 rings (SSSR count). The van der Waals surface area contributed by atoms with E-state index in [2.05, 4.69) is 10.6 Å². The van der Waals surface area contributed by atoms with Crippen LogP contribution in [-0.2, 0) is 25.5 Å². The molecule has 0 saturated carbocycles. The summed E-state index contributed by atoms with van der Waals surface area (Å²) in [5.74, 6) is -2.29. The van der Waals surface area contributed by atoms with E-state index < -0.39 is 41.0 Å². The molecule has 4 aliphatic rings. The molecule has 0 aromatic heterocycles. The molecule has 1 unspecified atom stereocenters. The molecule has 326 valence electrons. The van der Waals surface area contributed by atoms with Crippen molar-refractivity contribution in [2.75, 3.05) is 6.54 Å². The summed E-state index contributed by atoms with van der Waals surface area (Å²) in [6.45, 7) is 3.46. The van der Waals surface area contributed by atoms with E-state index in [1.807, 2.05) is 6.92 Å². The zero-order chi connectivity index (χ0) is 45.5. The topological polar surface area (TPSA) is 227 Å². The average molecular weight is 875 g/mol. The van der Waals surface area contributed by atoms with Crippen molar-refractivity contribution >= 4 is 29.5 Å². The van der Waals surface area contributed by atoms with Crippen molar-refractivity contribution in [1.29, 1.82) is 0 Å². The molecule has 15 nitrogen and oxygen atoms in total. The summed E-state index contributed by atoms with van der Waals surface area (Å²) in [6.07, 6.45) is 0.680. The monoisotopic (exact) mass is 874 g/mol. The number of carbonyl (C=O) groups excluding carboxylic acids is 5. The fraction of sp³-hybridized carbons (Fsp3) is 0.180. The van der Waals surface area contributed by atoms with E-state index in [4.69, 9.17) is 18.9 Å². The molecule has 0 aliphatic carbocycles. The van der Waals surface area contributed by atoms with E-state index in [9.17, 15) is 44.4 Å². The van der Waals surface area contributed by atoms with Gasteiger partial charge in [0.15, 0.2) is 17.0 Å². The second kappa shape index (κ2) is 14.9. The first-order valence-electron chi connectivity index (χ1n) is 20.7. The molecule has 4 aliphatic heterocycles. The predicted molar refractivity (Wildman–Crippen MR) is 229 cm³/mol. The van der Waals surface area contributed by atoms with Crippen LogP contribution >= 0.6 is 0 Å². The van der Waals surface area contributed by atoms with Gasteiger partial charge in [0.2, 0.25) is 0 Å². The number of phenolic OH excluding ortho intramolecular Hbond substituents is 4. The largest absolute Gasteiger partial charge is 0.508 e. The van der Waals surface area contributed by atoms with E-state index >= 15 is 0 Å². The molecule has 4 heterocycles. The Morgan fingerprint density at radius 3 is 1.34 bits per heavy atom. The van der Waals surface area contributed by atoms with Crippen LogP contribution in [0.15, 0.2) is 109 Å². The summed E-state index contributed by atoms with van der Waals surface area (Å²) < 4.78 is 24.2. The lowest BCUT2D eigenvalue weighted by atomic mass is 9.77. The van der Waals surface area contributed by atoms with Crippen molar-refractivity contribution in [3.05, 3.63) is 165 Å². The van der Waals surface area contributed by atoms with Gasteiger partial charge in [-0.1, -0.05) is 19.1 Å². The van der Waals surface area contributed by atoms with Crippen LogP contribution in [0.1, 0.15) is 102 Å². The van der Waals surface area contributed by atoms with Gasteiger partial charge in [-0.2, -0.15) is 0 Å². The molecule has 2 atom stereocenters. The van der Waals surface area contributed by atoms with E-state index in [0.717, 1.165) is 0 Å². The van der Waals surface area contributed by atoms with Crippen molar-refractivity contribution in [2.45, 2.75) is 43.9 Å². The van der Waals surface area contributed by atoms with Crippen LogP contribution in [0.4, 0.5) is 0 Å². The highest BCUT2D eigenvalue weighted by atomic mass is 16.6. The van der Waals surface area contributed by atoms with Crippen LogP contribution in [0.25, 0.3) is 0 Å². The second-order valence-corrected chi connectivity index (χ2v) is 16.6. The molecule has 0 bridgehead atoms. The molecular weight excluding hydrogens is 837 g/mol. The third-order valence-corrected chi connectivity index (χ3v) is 12.4. The third-order valence-electron chi connectivity index (χ3n) is 12.4. The average Bonchev–Trinajstić information content (AvgIpc) is 3.72. The number of aromatic hydroxyl groups is 4. The maximum atomic E-state index is 13.7. The Balaban J connectivity index is 0.815. The summed E-state index contributed by atoms with van der Waals surface area (Å²) in [7, 11) is 0. The van der Waals surface area contributed by atoms with Gasteiger partial charge in [-0.3, -0.25) is 14.4 Å². The number of phenols is 4. The van der Waals surface area contributed by atoms with Crippen LogP contribution in [0.3, 0.4) is 0 Å². The molecular formula is C50H38N2O13. The van der Waals surface area contributed by atoms with Crippen molar-refractivity contribution in [2.24, 2.45) is 5.92 Å². The van der Waals surface area contributed by atoms with Crippen LogP contribution in [0.5, 0.6) is 46.0 Å². The van der Waals surface area contributed by atoms with Gasteiger partial charge >= 0.3 is 11.9 Å². The van der Waals surface area contributed by atoms with Crippen LogP contribution in [0.2, 0.25) is 0 Å². The Kier molecular flexibility index (Phi) is 9.34. The zero-order valence-corrected chi connectivity index (χ0v) is 34.6. The highest BCUT2D eigenvalue weighted by molar-refractivity contribution is 6.03. The van der Waals surface area contributed by atoms with E-state index in [-0.39, 0.29) is 92.9 Å². The minimum absolute atomic E-state index is 0.0724. The number of nitrogens with one attached hydrogen (secondary N) is 2. The summed E-state index contributed by atoms with van der Waals surface area (Å²) in [5, 5.41) is 46.5. The molecule has 0 saturated heterocycles. The lowest BCUT2D eigenvalue weighted by molar-refractivity contribution is -0.119. The van der Waals surface area contributed by atoms with Gasteiger partial charge in [0.25, 0.3) is 11.8 Å². The second-order valence-electron chi connectivity index (χ2n) is 16.6. The third kappa shape index (κ3) is 6.45. The van der Waals surface area contributed by atoms with Gasteiger partial charge in [0.05, 0.1) is 17.2 Å². The molecule has 2 amide bonds. The fourth-order valence-electron chi connectivity index (χ4n) is 9.32. The summed E-state index contributed by atoms with van der Waals surface area (Å²) in [5.41, 5.74) is 0.270. The Hall–Kier alpha value is -8.33. The number of hydrogen-bond acceptors (Lipinski definition) is 13. The quantitative estimate of drug-likeness (QED) is 0.0793. The number of ketones is 1. The fourth-order valence-corrected chi connectivity index (χ4v) is 9.32. The molecule has 6 aromatic rings. The number of carbonyl (C=O) groups is 5. The van der Waals surface area contributed by atoms with Gasteiger partial charge in [-0.15, -0.1) is 0 Å². The molecule has 0 fully saturated rings. The zero-order valence-electron chi connectivity index (χ0n) is 34.6. The van der Waals surface area contributed by atoms with Crippen molar-refractivity contribution in [1.82, 2.24) is 10.6 Å². The molecule has 15 heteroatoms. The van der Waals surface area contributed by atoms with Crippen molar-refractivity contribution in [3.63, 3.8) is 0 Å². The van der Waals surface area contributed by atoms with Crippen molar-refractivity contribution < 1.29 is 63.3 Å². The van der Waals surface area contributed by atoms with E-state index in [1.54, 1.807) is 42.5 Å². The number of Topliss-reactive ketones (excluding diaryl/α,β-unsaturated/α-hetero) is 1. The van der Waals surface area contributed by atoms with Crippen LogP contribution in [0, 0.1) is 5.92 Å². The Morgan fingerprint density at radius 1 is 0.554 bits per heavy atom.